The Hall–Kier alpha value is -1.40. The molecule has 6 heteroatoms. The Morgan fingerprint density at radius 1 is 1.45 bits per heavy atom. The summed E-state index contributed by atoms with van der Waals surface area (Å²) in [5.74, 6) is 0.366. The van der Waals surface area contributed by atoms with E-state index < -0.39 is 0 Å². The van der Waals surface area contributed by atoms with E-state index in [9.17, 15) is 4.79 Å². The second-order valence-corrected chi connectivity index (χ2v) is 6.09. The van der Waals surface area contributed by atoms with Crippen LogP contribution in [0, 0.1) is 19.8 Å². The number of nitrogens with two attached hydrogens (primary N) is 1. The van der Waals surface area contributed by atoms with E-state index in [-0.39, 0.29) is 12.5 Å². The van der Waals surface area contributed by atoms with E-state index in [1.165, 1.54) is 18.4 Å². The van der Waals surface area contributed by atoms with Crippen LogP contribution >= 0.6 is 0 Å². The molecule has 1 saturated heterocycles. The molecule has 1 aliphatic heterocycles. The van der Waals surface area contributed by atoms with Crippen molar-refractivity contribution in [2.24, 2.45) is 11.7 Å². The number of aromatic nitrogens is 2. The maximum atomic E-state index is 11.6. The van der Waals surface area contributed by atoms with Gasteiger partial charge in [0, 0.05) is 24.3 Å². The standard InChI is InChI=1S/C16H28N4O2/c1-4-22-16(21)11-20-13(3)15(12(2)18-20)10-19-7-5-6-14(8-17)9-19/h14H,4-11,17H2,1-3H3. The first-order valence-corrected chi connectivity index (χ1v) is 8.16. The molecule has 1 fully saturated rings. The van der Waals surface area contributed by atoms with Crippen LogP contribution in [0.25, 0.3) is 0 Å². The minimum absolute atomic E-state index is 0.186. The Balaban J connectivity index is 2.05. The summed E-state index contributed by atoms with van der Waals surface area (Å²) in [5.41, 5.74) is 9.09. The number of carbonyl (C=O) groups is 1. The third-order valence-corrected chi connectivity index (χ3v) is 4.43. The van der Waals surface area contributed by atoms with Gasteiger partial charge in [-0.15, -0.1) is 0 Å². The zero-order valence-electron chi connectivity index (χ0n) is 14.0. The normalized spacial score (nSPS) is 19.4. The van der Waals surface area contributed by atoms with Gasteiger partial charge in [0.05, 0.1) is 12.3 Å². The Morgan fingerprint density at radius 3 is 2.91 bits per heavy atom. The van der Waals surface area contributed by atoms with Gasteiger partial charge in [0.1, 0.15) is 6.54 Å². The topological polar surface area (TPSA) is 73.4 Å². The quantitative estimate of drug-likeness (QED) is 0.800. The summed E-state index contributed by atoms with van der Waals surface area (Å²) in [6.45, 7) is 10.2. The van der Waals surface area contributed by atoms with Crippen molar-refractivity contribution < 1.29 is 9.53 Å². The van der Waals surface area contributed by atoms with Gasteiger partial charge in [-0.25, -0.2) is 0 Å². The van der Waals surface area contributed by atoms with Gasteiger partial charge in [0.2, 0.25) is 0 Å². The highest BCUT2D eigenvalue weighted by atomic mass is 16.5. The van der Waals surface area contributed by atoms with Crippen molar-refractivity contribution in [1.82, 2.24) is 14.7 Å². The molecule has 2 rings (SSSR count). The number of piperidine rings is 1. The molecule has 1 aromatic heterocycles. The number of hydrogen-bond donors (Lipinski definition) is 1. The summed E-state index contributed by atoms with van der Waals surface area (Å²) in [4.78, 5) is 14.1. The van der Waals surface area contributed by atoms with Crippen LogP contribution in [-0.2, 0) is 22.6 Å². The van der Waals surface area contributed by atoms with Crippen LogP contribution in [-0.4, -0.2) is 46.9 Å². The first kappa shape index (κ1) is 17.0. The maximum absolute atomic E-state index is 11.6. The zero-order valence-corrected chi connectivity index (χ0v) is 14.0. The summed E-state index contributed by atoms with van der Waals surface area (Å²) in [6.07, 6.45) is 2.43. The number of nitrogens with zero attached hydrogens (tertiary/aromatic N) is 3. The number of ether oxygens (including phenoxy) is 1. The van der Waals surface area contributed by atoms with E-state index in [4.69, 9.17) is 10.5 Å². The van der Waals surface area contributed by atoms with Crippen LogP contribution in [0.5, 0.6) is 0 Å². The predicted octanol–water partition coefficient (Wildman–Crippen LogP) is 1.23. The monoisotopic (exact) mass is 308 g/mol. The molecule has 1 unspecified atom stereocenters. The molecule has 1 aromatic rings. The fourth-order valence-electron chi connectivity index (χ4n) is 3.16. The smallest absolute Gasteiger partial charge is 0.327 e. The first-order valence-electron chi connectivity index (χ1n) is 8.16. The van der Waals surface area contributed by atoms with E-state index in [0.717, 1.165) is 37.6 Å². The summed E-state index contributed by atoms with van der Waals surface area (Å²) in [5, 5.41) is 4.50. The summed E-state index contributed by atoms with van der Waals surface area (Å²) in [6, 6.07) is 0. The predicted molar refractivity (Wildman–Crippen MR) is 85.4 cm³/mol. The second-order valence-electron chi connectivity index (χ2n) is 6.09. The van der Waals surface area contributed by atoms with E-state index >= 15 is 0 Å². The average Bonchev–Trinajstić information content (AvgIpc) is 2.75. The molecule has 0 amide bonds. The maximum Gasteiger partial charge on any atom is 0.327 e. The highest BCUT2D eigenvalue weighted by Crippen LogP contribution is 2.21. The van der Waals surface area contributed by atoms with Gasteiger partial charge >= 0.3 is 5.97 Å². The number of likely N-dealkylation sites (tertiary alicyclic amines) is 1. The highest BCUT2D eigenvalue weighted by molar-refractivity contribution is 5.69. The molecule has 2 N–H and O–H groups in total. The molecule has 0 spiro atoms. The lowest BCUT2D eigenvalue weighted by molar-refractivity contribution is -0.144. The fraction of sp³-hybridized carbons (Fsp3) is 0.750. The number of carbonyl (C=O) groups excluding carboxylic acids is 1. The van der Waals surface area contributed by atoms with Crippen LogP contribution in [0.2, 0.25) is 0 Å². The lowest BCUT2D eigenvalue weighted by atomic mass is 9.97. The third kappa shape index (κ3) is 4.08. The molecular weight excluding hydrogens is 280 g/mol. The van der Waals surface area contributed by atoms with Gasteiger partial charge in [-0.1, -0.05) is 0 Å². The Bertz CT molecular complexity index is 512. The molecule has 0 radical (unpaired) electrons. The first-order chi connectivity index (χ1) is 10.5. The van der Waals surface area contributed by atoms with Crippen molar-refractivity contribution in [2.75, 3.05) is 26.2 Å². The van der Waals surface area contributed by atoms with E-state index in [1.54, 1.807) is 4.68 Å². The fourth-order valence-corrected chi connectivity index (χ4v) is 3.16. The van der Waals surface area contributed by atoms with Gasteiger partial charge < -0.3 is 10.5 Å². The Kier molecular flexibility index (Phi) is 5.97. The number of hydrogen-bond acceptors (Lipinski definition) is 5. The van der Waals surface area contributed by atoms with Crippen molar-refractivity contribution >= 4 is 5.97 Å². The molecular formula is C16H28N4O2. The number of esters is 1. The molecule has 0 bridgehead atoms. The van der Waals surface area contributed by atoms with Crippen LogP contribution in [0.4, 0.5) is 0 Å². The summed E-state index contributed by atoms with van der Waals surface area (Å²) >= 11 is 0. The third-order valence-electron chi connectivity index (χ3n) is 4.43. The van der Waals surface area contributed by atoms with Crippen LogP contribution < -0.4 is 5.73 Å². The van der Waals surface area contributed by atoms with Gasteiger partial charge in [0.25, 0.3) is 0 Å². The van der Waals surface area contributed by atoms with Gasteiger partial charge in [0.15, 0.2) is 0 Å². The number of rotatable bonds is 6. The van der Waals surface area contributed by atoms with Crippen molar-refractivity contribution in [3.63, 3.8) is 0 Å². The average molecular weight is 308 g/mol. The number of aryl methyl sites for hydroxylation is 1. The summed E-state index contributed by atoms with van der Waals surface area (Å²) in [7, 11) is 0. The van der Waals surface area contributed by atoms with Crippen LogP contribution in [0.1, 0.15) is 36.7 Å². The molecule has 22 heavy (non-hydrogen) atoms. The SMILES string of the molecule is CCOC(=O)Cn1nc(C)c(CN2CCCC(CN)C2)c1C. The van der Waals surface area contributed by atoms with E-state index in [0.29, 0.717) is 12.5 Å². The lowest BCUT2D eigenvalue weighted by Gasteiger charge is -2.32. The highest BCUT2D eigenvalue weighted by Gasteiger charge is 2.22. The minimum Gasteiger partial charge on any atom is -0.465 e. The van der Waals surface area contributed by atoms with E-state index in [2.05, 4.69) is 10.00 Å². The van der Waals surface area contributed by atoms with Crippen molar-refractivity contribution in [1.29, 1.82) is 0 Å². The molecule has 0 aromatic carbocycles. The second kappa shape index (κ2) is 7.74. The molecule has 6 nitrogen and oxygen atoms in total. The Morgan fingerprint density at radius 2 is 2.23 bits per heavy atom. The molecule has 0 saturated carbocycles. The Labute approximate surface area is 132 Å². The lowest BCUT2D eigenvalue weighted by Crippen LogP contribution is -2.38. The van der Waals surface area contributed by atoms with Crippen LogP contribution in [0.3, 0.4) is 0 Å². The summed E-state index contributed by atoms with van der Waals surface area (Å²) < 4.78 is 6.76. The van der Waals surface area contributed by atoms with Gasteiger partial charge in [-0.3, -0.25) is 14.4 Å². The largest absolute Gasteiger partial charge is 0.465 e. The van der Waals surface area contributed by atoms with Crippen LogP contribution in [0.15, 0.2) is 0 Å². The van der Waals surface area contributed by atoms with E-state index in [1.807, 2.05) is 20.8 Å². The van der Waals surface area contributed by atoms with Gasteiger partial charge in [-0.05, 0) is 52.6 Å². The molecule has 1 atom stereocenters. The van der Waals surface area contributed by atoms with Gasteiger partial charge in [-0.2, -0.15) is 5.10 Å². The van der Waals surface area contributed by atoms with Crippen molar-refractivity contribution in [3.05, 3.63) is 17.0 Å². The molecule has 124 valence electrons. The van der Waals surface area contributed by atoms with Crippen molar-refractivity contribution in [2.45, 2.75) is 46.7 Å². The molecule has 2 heterocycles. The van der Waals surface area contributed by atoms with Crippen molar-refractivity contribution in [3.8, 4) is 0 Å². The minimum atomic E-state index is -0.235. The zero-order chi connectivity index (χ0) is 16.1. The molecule has 0 aliphatic carbocycles. The molecule has 1 aliphatic rings.